The Kier molecular flexibility index (Phi) is 8.85. The van der Waals surface area contributed by atoms with E-state index in [-0.39, 0.29) is 0 Å². The number of hydrogen-bond donors (Lipinski definition) is 5. The molecule has 0 aliphatic rings. The maximum Gasteiger partial charge on any atom is 0.333 e. The molecule has 9 nitrogen and oxygen atoms in total. The molecule has 0 rings (SSSR count). The summed E-state index contributed by atoms with van der Waals surface area (Å²) in [4.78, 5) is 38.5. The van der Waals surface area contributed by atoms with Gasteiger partial charge in [0, 0.05) is 12.2 Å². The van der Waals surface area contributed by atoms with Crippen LogP contribution in [0.5, 0.6) is 0 Å². The van der Waals surface area contributed by atoms with Crippen LogP contribution in [0, 0.1) is 0 Å². The van der Waals surface area contributed by atoms with Crippen LogP contribution in [0.2, 0.25) is 0 Å². The van der Waals surface area contributed by atoms with Crippen molar-refractivity contribution in [1.82, 2.24) is 0 Å². The summed E-state index contributed by atoms with van der Waals surface area (Å²) in [6.45, 7) is 0. The minimum absolute atomic E-state index is 0.558. The van der Waals surface area contributed by atoms with Crippen LogP contribution in [0.3, 0.4) is 0 Å². The molecule has 1 unspecified atom stereocenters. The smallest absolute Gasteiger partial charge is 0.333 e. The Balaban J connectivity index is 0. The molecule has 96 valence electrons. The molecule has 0 heterocycles. The normalized spacial score (nSPS) is 11.1. The highest BCUT2D eigenvalue weighted by molar-refractivity contribution is 5.89. The van der Waals surface area contributed by atoms with E-state index in [1.807, 2.05) is 0 Å². The lowest BCUT2D eigenvalue weighted by molar-refractivity contribution is -0.152. The standard InChI is InChI=1S/C4H6O5.C4H4O4/c5-2(4(8)9)1-3(6)7;5-3(6)1-2-4(7)8/h2,5H,1H2,(H,6,7)(H,8,9);1-2H,(H,5,6)(H,7,8). The summed E-state index contributed by atoms with van der Waals surface area (Å²) in [5, 5.41) is 39.8. The highest BCUT2D eigenvalue weighted by atomic mass is 16.4. The molecule has 0 aliphatic carbocycles. The maximum atomic E-state index is 9.72. The fraction of sp³-hybridized carbons (Fsp3) is 0.250. The van der Waals surface area contributed by atoms with Crippen LogP contribution in [0.4, 0.5) is 0 Å². The van der Waals surface area contributed by atoms with Crippen molar-refractivity contribution in [2.75, 3.05) is 0 Å². The first kappa shape index (κ1) is 17.0. The molecule has 0 saturated carbocycles. The molecule has 0 aromatic rings. The van der Waals surface area contributed by atoms with Crippen molar-refractivity contribution in [1.29, 1.82) is 0 Å². The van der Waals surface area contributed by atoms with Gasteiger partial charge < -0.3 is 25.5 Å². The van der Waals surface area contributed by atoms with Crippen molar-refractivity contribution in [3.05, 3.63) is 12.2 Å². The summed E-state index contributed by atoms with van der Waals surface area (Å²) >= 11 is 0. The second-order valence-electron chi connectivity index (χ2n) is 2.46. The van der Waals surface area contributed by atoms with Gasteiger partial charge in [-0.15, -0.1) is 0 Å². The van der Waals surface area contributed by atoms with Crippen LogP contribution >= 0.6 is 0 Å². The third-order valence-electron chi connectivity index (χ3n) is 1.02. The lowest BCUT2D eigenvalue weighted by Gasteiger charge is -1.97. The number of aliphatic hydroxyl groups excluding tert-OH is 1. The highest BCUT2D eigenvalue weighted by Gasteiger charge is 2.16. The highest BCUT2D eigenvalue weighted by Crippen LogP contribution is 1.89. The minimum atomic E-state index is -1.79. The number of aliphatic carboxylic acids is 4. The predicted molar refractivity (Wildman–Crippen MR) is 50.3 cm³/mol. The van der Waals surface area contributed by atoms with E-state index in [1.165, 1.54) is 0 Å². The van der Waals surface area contributed by atoms with E-state index in [1.54, 1.807) is 0 Å². The zero-order valence-corrected chi connectivity index (χ0v) is 8.31. The zero-order valence-electron chi connectivity index (χ0n) is 8.31. The van der Waals surface area contributed by atoms with Gasteiger partial charge >= 0.3 is 23.9 Å². The maximum absolute atomic E-state index is 9.72. The Morgan fingerprint density at radius 2 is 1.24 bits per heavy atom. The Morgan fingerprint density at radius 1 is 0.882 bits per heavy atom. The molecule has 0 bridgehead atoms. The molecular weight excluding hydrogens is 240 g/mol. The third-order valence-corrected chi connectivity index (χ3v) is 1.02. The Bertz CT molecular complexity index is 314. The van der Waals surface area contributed by atoms with Gasteiger partial charge in [0.05, 0.1) is 6.42 Å². The summed E-state index contributed by atoms with van der Waals surface area (Å²) < 4.78 is 0. The topological polar surface area (TPSA) is 169 Å². The van der Waals surface area contributed by atoms with Crippen molar-refractivity contribution in [3.63, 3.8) is 0 Å². The molecule has 17 heavy (non-hydrogen) atoms. The quantitative estimate of drug-likeness (QED) is 0.369. The van der Waals surface area contributed by atoms with Gasteiger partial charge in [0.2, 0.25) is 0 Å². The molecule has 0 aliphatic heterocycles. The van der Waals surface area contributed by atoms with Crippen molar-refractivity contribution in [2.45, 2.75) is 12.5 Å². The predicted octanol–water partition coefficient (Wildman–Crippen LogP) is -1.38. The second kappa shape index (κ2) is 8.85. The van der Waals surface area contributed by atoms with E-state index in [0.717, 1.165) is 0 Å². The second-order valence-corrected chi connectivity index (χ2v) is 2.46. The van der Waals surface area contributed by atoms with Crippen LogP contribution < -0.4 is 0 Å². The van der Waals surface area contributed by atoms with Crippen molar-refractivity contribution in [2.24, 2.45) is 0 Å². The summed E-state index contributed by atoms with van der Waals surface area (Å²) in [6.07, 6.45) is -1.43. The van der Waals surface area contributed by atoms with Crippen molar-refractivity contribution in [3.8, 4) is 0 Å². The van der Waals surface area contributed by atoms with Crippen LogP contribution in [0.25, 0.3) is 0 Å². The lowest BCUT2D eigenvalue weighted by Crippen LogP contribution is -2.22. The lowest BCUT2D eigenvalue weighted by atomic mass is 10.3. The molecule has 0 aromatic heterocycles. The molecular formula is C8H10O9. The van der Waals surface area contributed by atoms with Gasteiger partial charge in [0.15, 0.2) is 6.10 Å². The molecule has 0 amide bonds. The number of aliphatic hydroxyl groups is 1. The fourth-order valence-corrected chi connectivity index (χ4v) is 0.395. The first-order valence-corrected chi connectivity index (χ1v) is 3.93. The van der Waals surface area contributed by atoms with E-state index in [2.05, 4.69) is 0 Å². The molecule has 0 saturated heterocycles. The number of hydrogen-bond acceptors (Lipinski definition) is 5. The van der Waals surface area contributed by atoms with Gasteiger partial charge in [-0.05, 0) is 0 Å². The molecule has 0 radical (unpaired) electrons. The van der Waals surface area contributed by atoms with Crippen LogP contribution in [0.1, 0.15) is 6.42 Å². The van der Waals surface area contributed by atoms with Gasteiger partial charge in [0.25, 0.3) is 0 Å². The fourth-order valence-electron chi connectivity index (χ4n) is 0.395. The van der Waals surface area contributed by atoms with Crippen LogP contribution in [-0.4, -0.2) is 55.5 Å². The molecule has 1 atom stereocenters. The molecule has 5 N–H and O–H groups in total. The first-order chi connectivity index (χ1) is 7.66. The number of carboxylic acids is 4. The third kappa shape index (κ3) is 16.3. The first-order valence-electron chi connectivity index (χ1n) is 3.93. The summed E-state index contributed by atoms with van der Waals surface area (Å²) in [5.41, 5.74) is 0. The molecule has 0 aromatic carbocycles. The SMILES string of the molecule is O=C(O)C=CC(=O)O.O=C(O)CC(O)C(=O)O. The molecule has 0 spiro atoms. The van der Waals surface area contributed by atoms with Crippen molar-refractivity contribution >= 4 is 23.9 Å². The van der Waals surface area contributed by atoms with Gasteiger partial charge in [-0.25, -0.2) is 14.4 Å². The average Bonchev–Trinajstić information content (AvgIpc) is 2.14. The summed E-state index contributed by atoms with van der Waals surface area (Å²) in [6, 6.07) is 0. The van der Waals surface area contributed by atoms with Gasteiger partial charge in [-0.3, -0.25) is 4.79 Å². The largest absolute Gasteiger partial charge is 0.481 e. The van der Waals surface area contributed by atoms with Gasteiger partial charge in [-0.1, -0.05) is 0 Å². The zero-order chi connectivity index (χ0) is 14.0. The Hall–Kier alpha value is -2.42. The molecule has 0 fully saturated rings. The summed E-state index contributed by atoms with van der Waals surface area (Å²) in [7, 11) is 0. The number of carbonyl (C=O) groups is 4. The summed E-state index contributed by atoms with van der Waals surface area (Å²) in [5.74, 6) is -5.36. The van der Waals surface area contributed by atoms with E-state index in [9.17, 15) is 19.2 Å². The van der Waals surface area contributed by atoms with Crippen LogP contribution in [-0.2, 0) is 19.2 Å². The monoisotopic (exact) mass is 250 g/mol. The van der Waals surface area contributed by atoms with Gasteiger partial charge in [-0.2, -0.15) is 0 Å². The van der Waals surface area contributed by atoms with E-state index in [4.69, 9.17) is 25.5 Å². The molecule has 9 heteroatoms. The Labute approximate surface area is 94.2 Å². The average molecular weight is 250 g/mol. The van der Waals surface area contributed by atoms with Gasteiger partial charge in [0.1, 0.15) is 0 Å². The minimum Gasteiger partial charge on any atom is -0.481 e. The van der Waals surface area contributed by atoms with E-state index < -0.39 is 36.4 Å². The Morgan fingerprint density at radius 3 is 1.35 bits per heavy atom. The van der Waals surface area contributed by atoms with Crippen LogP contribution in [0.15, 0.2) is 12.2 Å². The number of rotatable bonds is 5. The van der Waals surface area contributed by atoms with E-state index >= 15 is 0 Å². The van der Waals surface area contributed by atoms with E-state index in [0.29, 0.717) is 12.2 Å². The number of carboxylic acid groups (broad SMARTS) is 4. The van der Waals surface area contributed by atoms with Crippen molar-refractivity contribution < 1.29 is 44.7 Å².